The molecule has 0 radical (unpaired) electrons. The first kappa shape index (κ1) is 15.9. The maximum atomic E-state index is 9.05. The fourth-order valence-electron chi connectivity index (χ4n) is 0. The molecule has 0 saturated heterocycles. The van der Waals surface area contributed by atoms with Gasteiger partial charge in [0.05, 0.1) is 0 Å². The van der Waals surface area contributed by atoms with Gasteiger partial charge in [0.1, 0.15) is 0 Å². The molecule has 0 rings (SSSR count). The molecule has 1 N–H and O–H groups in total. The minimum absolute atomic E-state index is 0. The van der Waals surface area contributed by atoms with Crippen molar-refractivity contribution >= 4 is 50.4 Å². The molecule has 0 atom stereocenters. The van der Waals surface area contributed by atoms with Crippen LogP contribution in [-0.4, -0.2) is 42.5 Å². The molecule has 7 heteroatoms. The van der Waals surface area contributed by atoms with E-state index in [9.17, 15) is 0 Å². The summed E-state index contributed by atoms with van der Waals surface area (Å²) in [6.45, 7) is 0. The third kappa shape index (κ3) is 82.1. The van der Waals surface area contributed by atoms with Gasteiger partial charge in [-0.15, -0.1) is 0 Å². The molecule has 7 heavy (non-hydrogen) atoms. The fourth-order valence-corrected chi connectivity index (χ4v) is 0. The Hall–Kier alpha value is 1.78. The van der Waals surface area contributed by atoms with Crippen LogP contribution in [0.25, 0.3) is 0 Å². The first-order valence-electron chi connectivity index (χ1n) is 0.698. The Morgan fingerprint density at radius 3 is 1.43 bits per heavy atom. The van der Waals surface area contributed by atoms with E-state index in [0.29, 0.717) is 0 Å². The summed E-state index contributed by atoms with van der Waals surface area (Å²) in [7, 11) is -3.97. The quantitative estimate of drug-likeness (QED) is 0.226. The van der Waals surface area contributed by atoms with Gasteiger partial charge in [0.25, 0.3) is 0 Å². The molecule has 0 heterocycles. The summed E-state index contributed by atoms with van der Waals surface area (Å²) in [6.07, 6.45) is 0. The molecule has 0 fully saturated rings. The van der Waals surface area contributed by atoms with Crippen LogP contribution >= 0.6 is 11.7 Å². The van der Waals surface area contributed by atoms with Crippen molar-refractivity contribution in [2.75, 3.05) is 0 Å². The molecule has 0 saturated carbocycles. The van der Waals surface area contributed by atoms with Crippen LogP contribution in [0, 0.1) is 0 Å². The van der Waals surface area contributed by atoms with Crippen molar-refractivity contribution in [1.29, 1.82) is 0 Å². The SMILES string of the molecule is O=S(=O)(O)S.[Fe].[NaH]. The Labute approximate surface area is 79.6 Å². The van der Waals surface area contributed by atoms with Gasteiger partial charge in [0, 0.05) is 17.1 Å². The molecule has 0 aliphatic heterocycles. The van der Waals surface area contributed by atoms with Crippen LogP contribution in [0.3, 0.4) is 0 Å². The number of rotatable bonds is 0. The van der Waals surface area contributed by atoms with Gasteiger partial charge < -0.3 is 0 Å². The van der Waals surface area contributed by atoms with E-state index in [4.69, 9.17) is 13.0 Å². The number of hydrogen-bond donors (Lipinski definition) is 2. The summed E-state index contributed by atoms with van der Waals surface area (Å²) in [5.74, 6) is 0. The first-order valence-corrected chi connectivity index (χ1v) is 3.19. The van der Waals surface area contributed by atoms with Crippen molar-refractivity contribution in [3.63, 3.8) is 0 Å². The summed E-state index contributed by atoms with van der Waals surface area (Å²) >= 11 is 2.65. The molecule has 0 unspecified atom stereocenters. The van der Waals surface area contributed by atoms with Crippen molar-refractivity contribution in [3.8, 4) is 0 Å². The summed E-state index contributed by atoms with van der Waals surface area (Å²) in [5.41, 5.74) is 0. The van der Waals surface area contributed by atoms with Crippen LogP contribution in [0.5, 0.6) is 0 Å². The Morgan fingerprint density at radius 1 is 1.43 bits per heavy atom. The summed E-state index contributed by atoms with van der Waals surface area (Å²) < 4.78 is 25.5. The number of thiol groups is 1. The average Bonchev–Trinajstić information content (AvgIpc) is 0.722. The Bertz CT molecular complexity index is 96.1. The van der Waals surface area contributed by atoms with E-state index in [2.05, 4.69) is 11.7 Å². The van der Waals surface area contributed by atoms with E-state index < -0.39 is 9.15 Å². The van der Waals surface area contributed by atoms with Gasteiger partial charge in [-0.25, -0.2) is 0 Å². The number of hydrogen-bond acceptors (Lipinski definition) is 2. The topological polar surface area (TPSA) is 54.4 Å². The van der Waals surface area contributed by atoms with E-state index in [1.165, 1.54) is 0 Å². The fraction of sp³-hybridized carbons (Fsp3) is 0. The van der Waals surface area contributed by atoms with Gasteiger partial charge in [-0.3, -0.25) is 4.55 Å². The molecule has 0 aromatic carbocycles. The Morgan fingerprint density at radius 2 is 1.43 bits per heavy atom. The maximum absolute atomic E-state index is 9.05. The van der Waals surface area contributed by atoms with E-state index >= 15 is 0 Å². The monoisotopic (exact) mass is 194 g/mol. The van der Waals surface area contributed by atoms with Crippen LogP contribution in [0.15, 0.2) is 0 Å². The van der Waals surface area contributed by atoms with Crippen LogP contribution < -0.4 is 0 Å². The zero-order valence-electron chi connectivity index (χ0n) is 2.47. The zero-order valence-corrected chi connectivity index (χ0v) is 5.29. The van der Waals surface area contributed by atoms with Crippen molar-refractivity contribution in [2.45, 2.75) is 0 Å². The molecule has 0 aromatic heterocycles. The molecule has 0 amide bonds. The first-order chi connectivity index (χ1) is 2.00. The van der Waals surface area contributed by atoms with Gasteiger partial charge in [-0.2, -0.15) is 8.42 Å². The van der Waals surface area contributed by atoms with Crippen LogP contribution in [0.2, 0.25) is 0 Å². The summed E-state index contributed by atoms with van der Waals surface area (Å²) in [6, 6.07) is 0. The Balaban J connectivity index is -0.0000000800. The van der Waals surface area contributed by atoms with Gasteiger partial charge in [0.15, 0.2) is 0 Å². The van der Waals surface area contributed by atoms with Crippen molar-refractivity contribution in [1.82, 2.24) is 0 Å². The predicted octanol–water partition coefficient (Wildman–Crippen LogP) is -0.932. The Kier molecular flexibility index (Phi) is 13.4. The zero-order chi connectivity index (χ0) is 4.50. The molecule has 0 aliphatic rings. The van der Waals surface area contributed by atoms with Gasteiger partial charge in [-0.1, -0.05) is 0 Å². The van der Waals surface area contributed by atoms with E-state index in [1.54, 1.807) is 0 Å². The van der Waals surface area contributed by atoms with Crippen LogP contribution in [0.4, 0.5) is 0 Å². The molecular weight excluding hydrogens is 191 g/mol. The molecule has 3 nitrogen and oxygen atoms in total. The van der Waals surface area contributed by atoms with E-state index in [1.807, 2.05) is 0 Å². The molecule has 0 bridgehead atoms. The van der Waals surface area contributed by atoms with Crippen molar-refractivity contribution < 1.29 is 30.0 Å². The standard InChI is InChI=1S/Fe.Na.H2O3S2.H/c;;1-5(2,3)4;/h;;(H2,1,2,3,4);. The molecule has 0 aliphatic carbocycles. The predicted molar refractivity (Wildman–Crippen MR) is 27.7 cm³/mol. The van der Waals surface area contributed by atoms with Gasteiger partial charge >= 0.3 is 38.7 Å². The average molecular weight is 194 g/mol. The van der Waals surface area contributed by atoms with E-state index in [-0.39, 0.29) is 46.6 Å². The van der Waals surface area contributed by atoms with Crippen molar-refractivity contribution in [3.05, 3.63) is 0 Å². The van der Waals surface area contributed by atoms with Crippen LogP contribution in [0.1, 0.15) is 0 Å². The second-order valence-corrected chi connectivity index (χ2v) is 2.73. The van der Waals surface area contributed by atoms with Crippen LogP contribution in [-0.2, 0) is 26.2 Å². The second kappa shape index (κ2) is 5.91. The van der Waals surface area contributed by atoms with Crippen molar-refractivity contribution in [2.24, 2.45) is 0 Å². The van der Waals surface area contributed by atoms with Gasteiger partial charge in [0.2, 0.25) is 0 Å². The summed E-state index contributed by atoms with van der Waals surface area (Å²) in [5, 5.41) is 0. The second-order valence-electron chi connectivity index (χ2n) is 0.448. The normalized spacial score (nSPS) is 8.29. The van der Waals surface area contributed by atoms with Gasteiger partial charge in [-0.05, 0) is 11.7 Å². The minimum atomic E-state index is -3.97. The molecule has 42 valence electrons. The molecule has 0 spiro atoms. The summed E-state index contributed by atoms with van der Waals surface area (Å²) in [4.78, 5) is 0. The molecule has 0 aromatic rings. The third-order valence-corrected chi connectivity index (χ3v) is 0. The van der Waals surface area contributed by atoms with E-state index in [0.717, 1.165) is 0 Å². The third-order valence-electron chi connectivity index (χ3n) is 0. The molecular formula is H3FeNaO3S2.